The first kappa shape index (κ1) is 13.7. The molecule has 0 aliphatic heterocycles. The van der Waals surface area contributed by atoms with E-state index in [1.165, 1.54) is 30.7 Å². The Balaban J connectivity index is 2.02. The van der Waals surface area contributed by atoms with E-state index in [0.717, 1.165) is 6.42 Å². The number of thiophene rings is 1. The van der Waals surface area contributed by atoms with E-state index in [4.69, 9.17) is 4.98 Å². The van der Waals surface area contributed by atoms with Gasteiger partial charge < -0.3 is 5.32 Å². The van der Waals surface area contributed by atoms with Crippen LogP contribution in [0.2, 0.25) is 0 Å². The second kappa shape index (κ2) is 4.95. The van der Waals surface area contributed by atoms with Gasteiger partial charge in [-0.15, -0.1) is 22.7 Å². The second-order valence-electron chi connectivity index (χ2n) is 5.82. The molecule has 0 aromatic carbocycles. The van der Waals surface area contributed by atoms with Gasteiger partial charge in [-0.3, -0.25) is 0 Å². The molecule has 19 heavy (non-hydrogen) atoms. The average Bonchev–Trinajstić information content (AvgIpc) is 2.92. The number of hydrogen-bond acceptors (Lipinski definition) is 4. The number of nitrogens with zero attached hydrogens (tertiary/aromatic N) is 1. The van der Waals surface area contributed by atoms with E-state index in [9.17, 15) is 0 Å². The standard InChI is InChI=1S/C14H17BrN2S2/c1-14(2)6-8(16-3)12-9(7-14)17-13(19-12)10-4-5-11(15)18-10/h4-5,8,16H,6-7H2,1-3H3. The molecule has 0 bridgehead atoms. The zero-order valence-electron chi connectivity index (χ0n) is 11.3. The van der Waals surface area contributed by atoms with Gasteiger partial charge in [0.05, 0.1) is 14.4 Å². The highest BCUT2D eigenvalue weighted by molar-refractivity contribution is 9.11. The fourth-order valence-corrected chi connectivity index (χ4v) is 5.33. The van der Waals surface area contributed by atoms with Crippen LogP contribution in [0, 0.1) is 5.41 Å². The zero-order valence-corrected chi connectivity index (χ0v) is 14.5. The molecule has 0 amide bonds. The quantitative estimate of drug-likeness (QED) is 0.830. The molecule has 1 atom stereocenters. The highest BCUT2D eigenvalue weighted by Crippen LogP contribution is 2.45. The van der Waals surface area contributed by atoms with Crippen molar-refractivity contribution in [1.29, 1.82) is 0 Å². The van der Waals surface area contributed by atoms with E-state index in [-0.39, 0.29) is 0 Å². The van der Waals surface area contributed by atoms with Gasteiger partial charge in [0, 0.05) is 10.9 Å². The number of rotatable bonds is 2. The smallest absolute Gasteiger partial charge is 0.133 e. The van der Waals surface area contributed by atoms with Crippen LogP contribution >= 0.6 is 38.6 Å². The summed E-state index contributed by atoms with van der Waals surface area (Å²) in [7, 11) is 2.05. The normalized spacial score (nSPS) is 21.4. The first-order chi connectivity index (χ1) is 8.98. The number of hydrogen-bond donors (Lipinski definition) is 1. The van der Waals surface area contributed by atoms with Gasteiger partial charge in [-0.1, -0.05) is 13.8 Å². The predicted octanol–water partition coefficient (Wildman–Crippen LogP) is 4.87. The Hall–Kier alpha value is -0.230. The maximum atomic E-state index is 4.90. The largest absolute Gasteiger partial charge is 0.312 e. The van der Waals surface area contributed by atoms with Crippen LogP contribution in [0.3, 0.4) is 0 Å². The minimum Gasteiger partial charge on any atom is -0.312 e. The molecular weight excluding hydrogens is 340 g/mol. The van der Waals surface area contributed by atoms with Crippen LogP contribution < -0.4 is 5.32 Å². The predicted molar refractivity (Wildman–Crippen MR) is 87.0 cm³/mol. The van der Waals surface area contributed by atoms with Crippen LogP contribution in [0.5, 0.6) is 0 Å². The van der Waals surface area contributed by atoms with Crippen molar-refractivity contribution >= 4 is 38.6 Å². The Bertz CT molecular complexity index is 600. The van der Waals surface area contributed by atoms with Crippen molar-refractivity contribution in [3.05, 3.63) is 26.5 Å². The number of aromatic nitrogens is 1. The molecule has 0 fully saturated rings. The third-order valence-corrected chi connectivity index (χ3v) is 6.58. The summed E-state index contributed by atoms with van der Waals surface area (Å²) in [4.78, 5) is 7.59. The number of fused-ring (bicyclic) bond motifs is 1. The first-order valence-corrected chi connectivity index (χ1v) is 8.84. The van der Waals surface area contributed by atoms with Gasteiger partial charge in [-0.05, 0) is 53.4 Å². The fourth-order valence-electron chi connectivity index (χ4n) is 2.70. The van der Waals surface area contributed by atoms with Crippen LogP contribution in [0.25, 0.3) is 9.88 Å². The second-order valence-corrected chi connectivity index (χ2v) is 9.31. The number of nitrogens with one attached hydrogen (secondary N) is 1. The molecule has 1 aliphatic carbocycles. The van der Waals surface area contributed by atoms with Crippen molar-refractivity contribution in [1.82, 2.24) is 10.3 Å². The summed E-state index contributed by atoms with van der Waals surface area (Å²) in [5, 5.41) is 4.62. The number of thiazole rings is 1. The molecule has 3 rings (SSSR count). The minimum atomic E-state index is 0.335. The summed E-state index contributed by atoms with van der Waals surface area (Å²) in [5.74, 6) is 0. The topological polar surface area (TPSA) is 24.9 Å². The van der Waals surface area contributed by atoms with Crippen molar-refractivity contribution in [2.45, 2.75) is 32.7 Å². The lowest BCUT2D eigenvalue weighted by atomic mass is 9.76. The summed E-state index contributed by atoms with van der Waals surface area (Å²) < 4.78 is 1.17. The summed E-state index contributed by atoms with van der Waals surface area (Å²) in [6, 6.07) is 4.70. The molecule has 2 nitrogen and oxygen atoms in total. The molecule has 0 saturated carbocycles. The molecule has 2 aromatic heterocycles. The van der Waals surface area contributed by atoms with Gasteiger partial charge in [-0.25, -0.2) is 4.98 Å². The van der Waals surface area contributed by atoms with E-state index in [0.29, 0.717) is 11.5 Å². The van der Waals surface area contributed by atoms with Crippen LogP contribution in [0.1, 0.15) is 36.9 Å². The van der Waals surface area contributed by atoms with Gasteiger partial charge in [0.25, 0.3) is 0 Å². The van der Waals surface area contributed by atoms with Crippen molar-refractivity contribution < 1.29 is 0 Å². The molecular formula is C14H17BrN2S2. The molecule has 102 valence electrons. The van der Waals surface area contributed by atoms with Gasteiger partial charge in [0.1, 0.15) is 5.01 Å². The summed E-state index contributed by atoms with van der Waals surface area (Å²) >= 11 is 7.14. The third kappa shape index (κ3) is 2.66. The first-order valence-electron chi connectivity index (χ1n) is 6.41. The Labute approximate surface area is 130 Å². The van der Waals surface area contributed by atoms with E-state index in [2.05, 4.69) is 54.3 Å². The van der Waals surface area contributed by atoms with Crippen molar-refractivity contribution in [2.75, 3.05) is 7.05 Å². The highest BCUT2D eigenvalue weighted by Gasteiger charge is 2.34. The molecule has 1 unspecified atom stereocenters. The highest BCUT2D eigenvalue weighted by atomic mass is 79.9. The monoisotopic (exact) mass is 356 g/mol. The van der Waals surface area contributed by atoms with Crippen LogP contribution in [-0.2, 0) is 6.42 Å². The Morgan fingerprint density at radius 2 is 2.16 bits per heavy atom. The van der Waals surface area contributed by atoms with Gasteiger partial charge in [0.2, 0.25) is 0 Å². The van der Waals surface area contributed by atoms with E-state index in [1.807, 2.05) is 11.3 Å². The van der Waals surface area contributed by atoms with Gasteiger partial charge >= 0.3 is 0 Å². The molecule has 2 aromatic rings. The maximum Gasteiger partial charge on any atom is 0.133 e. The Morgan fingerprint density at radius 3 is 2.79 bits per heavy atom. The van der Waals surface area contributed by atoms with Crippen LogP contribution in [0.15, 0.2) is 15.9 Å². The average molecular weight is 357 g/mol. The molecule has 2 heterocycles. The lowest BCUT2D eigenvalue weighted by molar-refractivity contribution is 0.265. The molecule has 5 heteroatoms. The summed E-state index contributed by atoms with van der Waals surface area (Å²) in [5.41, 5.74) is 1.63. The van der Waals surface area contributed by atoms with Crippen LogP contribution in [-0.4, -0.2) is 12.0 Å². The molecule has 0 radical (unpaired) electrons. The lowest BCUT2D eigenvalue weighted by Crippen LogP contribution is -2.30. The lowest BCUT2D eigenvalue weighted by Gasteiger charge is -2.34. The number of halogens is 1. The van der Waals surface area contributed by atoms with Crippen LogP contribution in [0.4, 0.5) is 0 Å². The van der Waals surface area contributed by atoms with E-state index >= 15 is 0 Å². The molecule has 0 saturated heterocycles. The molecule has 1 aliphatic rings. The van der Waals surface area contributed by atoms with Crippen molar-refractivity contribution in [2.24, 2.45) is 5.41 Å². The van der Waals surface area contributed by atoms with Gasteiger partial charge in [-0.2, -0.15) is 0 Å². The van der Waals surface area contributed by atoms with E-state index in [1.54, 1.807) is 11.3 Å². The molecule has 1 N–H and O–H groups in total. The zero-order chi connectivity index (χ0) is 13.6. The van der Waals surface area contributed by atoms with Crippen molar-refractivity contribution in [3.63, 3.8) is 0 Å². The summed E-state index contributed by atoms with van der Waals surface area (Å²) in [6.07, 6.45) is 2.27. The maximum absolute atomic E-state index is 4.90. The minimum absolute atomic E-state index is 0.335. The molecule has 0 spiro atoms. The Kier molecular flexibility index (Phi) is 3.58. The third-order valence-electron chi connectivity index (χ3n) is 3.58. The van der Waals surface area contributed by atoms with Gasteiger partial charge in [0.15, 0.2) is 0 Å². The van der Waals surface area contributed by atoms with E-state index < -0.39 is 0 Å². The fraction of sp³-hybridized carbons (Fsp3) is 0.500. The van der Waals surface area contributed by atoms with Crippen molar-refractivity contribution in [3.8, 4) is 9.88 Å². The summed E-state index contributed by atoms with van der Waals surface area (Å²) in [6.45, 7) is 4.67. The Morgan fingerprint density at radius 1 is 1.37 bits per heavy atom. The SMILES string of the molecule is CNC1CC(C)(C)Cc2nc(-c3ccc(Br)s3)sc21.